The SMILES string of the molecule is O=C1C(=Cc2cc3c(s2)-c2ncc(N(c4ccccc4)c4ccccc4)cc2C32c3ccccc3-c3ccccc32)C(=O)c2cscc21. The fourth-order valence-electron chi connectivity index (χ4n) is 7.86. The average molecular weight is 653 g/mol. The van der Waals surface area contributed by atoms with Gasteiger partial charge in [-0.25, -0.2) is 0 Å². The number of thiophene rings is 2. The van der Waals surface area contributed by atoms with Crippen molar-refractivity contribution in [2.24, 2.45) is 0 Å². The minimum Gasteiger partial charge on any atom is -0.309 e. The van der Waals surface area contributed by atoms with Crippen molar-refractivity contribution in [3.05, 3.63) is 182 Å². The summed E-state index contributed by atoms with van der Waals surface area (Å²) in [5, 5.41) is 3.55. The number of rotatable bonds is 4. The maximum absolute atomic E-state index is 13.3. The third-order valence-electron chi connectivity index (χ3n) is 9.81. The standard InChI is InChI=1S/C42H24N2O2S2/c45-39-31(40(46)33-24-47-23-32(33)39)20-28-21-37-41(48-28)38-36(42(37)34-17-9-7-15-29(34)30-16-8-10-18-35(30)42)19-27(22-43-38)44(25-11-3-1-4-12-25)26-13-5-2-6-14-26/h1-24H. The minimum absolute atomic E-state index is 0.193. The summed E-state index contributed by atoms with van der Waals surface area (Å²) in [4.78, 5) is 36.0. The second kappa shape index (κ2) is 10.2. The van der Waals surface area contributed by atoms with Crippen LogP contribution in [0.2, 0.25) is 0 Å². The lowest BCUT2D eigenvalue weighted by molar-refractivity contribution is 0.0990. The minimum atomic E-state index is -0.616. The molecule has 0 radical (unpaired) electrons. The van der Waals surface area contributed by atoms with Gasteiger partial charge in [-0.3, -0.25) is 14.6 Å². The van der Waals surface area contributed by atoms with Crippen molar-refractivity contribution >= 4 is 57.4 Å². The van der Waals surface area contributed by atoms with Gasteiger partial charge in [0.1, 0.15) is 0 Å². The molecule has 4 nitrogen and oxygen atoms in total. The van der Waals surface area contributed by atoms with Crippen LogP contribution in [0, 0.1) is 0 Å². The van der Waals surface area contributed by atoms with Crippen molar-refractivity contribution in [3.63, 3.8) is 0 Å². The number of hydrogen-bond donors (Lipinski definition) is 0. The molecule has 48 heavy (non-hydrogen) atoms. The maximum Gasteiger partial charge on any atom is 0.198 e. The van der Waals surface area contributed by atoms with E-state index in [-0.39, 0.29) is 17.1 Å². The summed E-state index contributed by atoms with van der Waals surface area (Å²) in [5.74, 6) is -0.387. The van der Waals surface area contributed by atoms with Gasteiger partial charge in [0.15, 0.2) is 11.6 Å². The zero-order valence-corrected chi connectivity index (χ0v) is 27.0. The van der Waals surface area contributed by atoms with Crippen LogP contribution in [0.15, 0.2) is 144 Å². The Morgan fingerprint density at radius 3 is 1.75 bits per heavy atom. The zero-order valence-electron chi connectivity index (χ0n) is 25.4. The van der Waals surface area contributed by atoms with E-state index in [1.54, 1.807) is 28.2 Å². The molecule has 0 amide bonds. The van der Waals surface area contributed by atoms with Gasteiger partial charge in [0, 0.05) is 43.7 Å². The number of para-hydroxylation sites is 2. The van der Waals surface area contributed by atoms with Crippen molar-refractivity contribution < 1.29 is 9.59 Å². The summed E-state index contributed by atoms with van der Waals surface area (Å²) in [6.07, 6.45) is 3.76. The smallest absolute Gasteiger partial charge is 0.198 e. The Bertz CT molecular complexity index is 2390. The van der Waals surface area contributed by atoms with Crippen molar-refractivity contribution in [1.82, 2.24) is 4.98 Å². The summed E-state index contributed by atoms with van der Waals surface area (Å²) in [6.45, 7) is 0. The zero-order chi connectivity index (χ0) is 32.0. The second-order valence-electron chi connectivity index (χ2n) is 12.2. The van der Waals surface area contributed by atoms with E-state index in [2.05, 4.69) is 114 Å². The largest absolute Gasteiger partial charge is 0.309 e. The number of nitrogens with zero attached hydrogens (tertiary/aromatic N) is 2. The van der Waals surface area contributed by atoms with Crippen LogP contribution in [0.1, 0.15) is 47.8 Å². The molecule has 6 heteroatoms. The lowest BCUT2D eigenvalue weighted by Crippen LogP contribution is -2.26. The number of allylic oxidation sites excluding steroid dienone is 1. The molecule has 0 unspecified atom stereocenters. The van der Waals surface area contributed by atoms with Crippen molar-refractivity contribution in [1.29, 1.82) is 0 Å². The molecule has 0 saturated carbocycles. The van der Waals surface area contributed by atoms with E-state index >= 15 is 0 Å². The highest BCUT2D eigenvalue weighted by molar-refractivity contribution is 7.16. The molecule has 1 spiro atoms. The van der Waals surface area contributed by atoms with E-state index < -0.39 is 5.41 Å². The summed E-state index contributed by atoms with van der Waals surface area (Å²) >= 11 is 2.99. The Labute approximate surface area is 284 Å². The summed E-state index contributed by atoms with van der Waals surface area (Å²) in [5.41, 5.74) is 11.7. The molecule has 3 heterocycles. The van der Waals surface area contributed by atoms with E-state index in [0.29, 0.717) is 11.1 Å². The van der Waals surface area contributed by atoms with Gasteiger partial charge in [0.2, 0.25) is 0 Å². The third kappa shape index (κ3) is 3.61. The van der Waals surface area contributed by atoms with E-state index in [4.69, 9.17) is 4.98 Å². The predicted molar refractivity (Wildman–Crippen MR) is 194 cm³/mol. The number of pyridine rings is 1. The topological polar surface area (TPSA) is 50.3 Å². The molecule has 0 aliphatic heterocycles. The van der Waals surface area contributed by atoms with Crippen LogP contribution in [-0.2, 0) is 5.41 Å². The van der Waals surface area contributed by atoms with Crippen LogP contribution in [0.4, 0.5) is 17.1 Å². The first-order valence-corrected chi connectivity index (χ1v) is 17.5. The number of aromatic nitrogens is 1. The van der Waals surface area contributed by atoms with E-state index in [0.717, 1.165) is 43.6 Å². The number of carbonyl (C=O) groups is 2. The number of hydrogen-bond acceptors (Lipinski definition) is 6. The second-order valence-corrected chi connectivity index (χ2v) is 14.1. The Morgan fingerprint density at radius 1 is 0.583 bits per heavy atom. The van der Waals surface area contributed by atoms with E-state index in [1.807, 2.05) is 18.3 Å². The Morgan fingerprint density at radius 2 is 1.15 bits per heavy atom. The number of fused-ring (bicyclic) bond motifs is 11. The van der Waals surface area contributed by atoms with Gasteiger partial charge in [-0.1, -0.05) is 84.9 Å². The third-order valence-corrected chi connectivity index (χ3v) is 11.6. The molecule has 226 valence electrons. The van der Waals surface area contributed by atoms with Crippen LogP contribution >= 0.6 is 22.7 Å². The molecule has 0 bridgehead atoms. The lowest BCUT2D eigenvalue weighted by atomic mass is 9.71. The highest BCUT2D eigenvalue weighted by atomic mass is 32.1. The summed E-state index contributed by atoms with van der Waals surface area (Å²) < 4.78 is 0. The lowest BCUT2D eigenvalue weighted by Gasteiger charge is -2.31. The first-order chi connectivity index (χ1) is 23.6. The normalized spacial score (nSPS) is 14.5. The van der Waals surface area contributed by atoms with Gasteiger partial charge >= 0.3 is 0 Å². The molecule has 3 aliphatic rings. The van der Waals surface area contributed by atoms with E-state index in [9.17, 15) is 9.59 Å². The fourth-order valence-corrected chi connectivity index (χ4v) is 9.83. The summed E-state index contributed by atoms with van der Waals surface area (Å²) in [6, 6.07) is 42.6. The monoisotopic (exact) mass is 652 g/mol. The van der Waals surface area contributed by atoms with Crippen LogP contribution in [0.5, 0.6) is 0 Å². The molecule has 3 aliphatic carbocycles. The quantitative estimate of drug-likeness (QED) is 0.140. The Hall–Kier alpha value is -5.69. The molecular formula is C42H24N2O2S2. The number of Topliss-reactive ketones (excluding diaryl/α,β-unsaturated/α-hetero) is 2. The number of ketones is 2. The molecule has 0 fully saturated rings. The average Bonchev–Trinajstić information content (AvgIpc) is 3.94. The molecule has 4 aromatic carbocycles. The van der Waals surface area contributed by atoms with Gasteiger partial charge < -0.3 is 4.90 Å². The predicted octanol–water partition coefficient (Wildman–Crippen LogP) is 10.5. The highest BCUT2D eigenvalue weighted by Gasteiger charge is 2.53. The molecular weight excluding hydrogens is 629 g/mol. The van der Waals surface area contributed by atoms with Gasteiger partial charge in [-0.15, -0.1) is 11.3 Å². The van der Waals surface area contributed by atoms with Gasteiger partial charge in [0.25, 0.3) is 0 Å². The number of benzene rings is 4. The van der Waals surface area contributed by atoms with Gasteiger partial charge in [-0.2, -0.15) is 11.3 Å². The molecule has 3 aromatic heterocycles. The molecule has 0 N–H and O–H groups in total. The van der Waals surface area contributed by atoms with Gasteiger partial charge in [-0.05, 0) is 70.3 Å². The van der Waals surface area contributed by atoms with Crippen molar-refractivity contribution in [3.8, 4) is 21.7 Å². The molecule has 0 saturated heterocycles. The van der Waals surface area contributed by atoms with Crippen molar-refractivity contribution in [2.75, 3.05) is 4.90 Å². The number of carbonyl (C=O) groups excluding carboxylic acids is 2. The first kappa shape index (κ1) is 27.4. The Kier molecular flexibility index (Phi) is 5.80. The first-order valence-electron chi connectivity index (χ1n) is 15.8. The highest BCUT2D eigenvalue weighted by Crippen LogP contribution is 2.64. The van der Waals surface area contributed by atoms with Crippen LogP contribution in [-0.4, -0.2) is 16.6 Å². The fraction of sp³-hybridized carbons (Fsp3) is 0.0238. The summed E-state index contributed by atoms with van der Waals surface area (Å²) in [7, 11) is 0. The molecule has 10 rings (SSSR count). The van der Waals surface area contributed by atoms with Crippen molar-refractivity contribution in [2.45, 2.75) is 5.41 Å². The Balaban J connectivity index is 1.23. The molecule has 0 atom stereocenters. The maximum atomic E-state index is 13.3. The van der Waals surface area contributed by atoms with Crippen LogP contribution in [0.25, 0.3) is 27.8 Å². The number of anilines is 3. The van der Waals surface area contributed by atoms with E-state index in [1.165, 1.54) is 33.6 Å². The van der Waals surface area contributed by atoms with Crippen LogP contribution in [0.3, 0.4) is 0 Å². The molecule has 7 aromatic rings. The van der Waals surface area contributed by atoms with Gasteiger partial charge in [0.05, 0.1) is 33.4 Å². The van der Waals surface area contributed by atoms with Crippen LogP contribution < -0.4 is 4.90 Å².